The van der Waals surface area contributed by atoms with Gasteiger partial charge in [-0.05, 0) is 24.8 Å². The zero-order valence-corrected chi connectivity index (χ0v) is 13.9. The quantitative estimate of drug-likeness (QED) is 0.905. The lowest BCUT2D eigenvalue weighted by atomic mass is 9.80. The van der Waals surface area contributed by atoms with Crippen LogP contribution in [-0.2, 0) is 16.7 Å². The van der Waals surface area contributed by atoms with Gasteiger partial charge in [-0.15, -0.1) is 0 Å². The molecule has 1 aromatic heterocycles. The first-order valence-corrected chi connectivity index (χ1v) is 8.88. The van der Waals surface area contributed by atoms with E-state index in [9.17, 15) is 5.11 Å². The molecule has 0 unspecified atom stereocenters. The maximum Gasteiger partial charge on any atom is 0.0926 e. The molecule has 2 aromatic rings. The van der Waals surface area contributed by atoms with Crippen molar-refractivity contribution < 1.29 is 9.84 Å². The van der Waals surface area contributed by atoms with E-state index in [0.717, 1.165) is 57.6 Å². The first-order valence-electron chi connectivity index (χ1n) is 8.88. The van der Waals surface area contributed by atoms with Crippen molar-refractivity contribution in [2.75, 3.05) is 26.3 Å². The number of nitrogens with zero attached hydrogens (tertiary/aromatic N) is 2. The Balaban J connectivity index is 1.52. The van der Waals surface area contributed by atoms with Gasteiger partial charge in [0.15, 0.2) is 0 Å². The molecular weight excluding hydrogens is 302 g/mol. The third-order valence-corrected chi connectivity index (χ3v) is 5.57. The number of ether oxygens (including phenoxy) is 1. The summed E-state index contributed by atoms with van der Waals surface area (Å²) >= 11 is 0. The standard InChI is InChI=1S/C19H25N3O2/c23-17(15-4-2-1-3-5-15)7-11-22-10-6-16-18(21-14-20-16)19(22)8-12-24-13-9-19/h1-5,14,17,23H,6-13H2,(H,20,21)/t17-/m1/s1. The molecule has 3 heterocycles. The normalized spacial score (nSPS) is 21.5. The molecule has 4 rings (SSSR count). The van der Waals surface area contributed by atoms with E-state index in [2.05, 4.69) is 14.9 Å². The molecule has 24 heavy (non-hydrogen) atoms. The van der Waals surface area contributed by atoms with Crippen LogP contribution in [0.4, 0.5) is 0 Å². The molecule has 5 nitrogen and oxygen atoms in total. The van der Waals surface area contributed by atoms with Gasteiger partial charge >= 0.3 is 0 Å². The molecule has 0 amide bonds. The number of rotatable bonds is 4. The molecule has 0 aliphatic carbocycles. The molecule has 0 bridgehead atoms. The van der Waals surface area contributed by atoms with Gasteiger partial charge in [0.05, 0.1) is 23.7 Å². The maximum absolute atomic E-state index is 10.5. The van der Waals surface area contributed by atoms with Gasteiger partial charge in [0.25, 0.3) is 0 Å². The fourth-order valence-corrected chi connectivity index (χ4v) is 4.23. The summed E-state index contributed by atoms with van der Waals surface area (Å²) in [7, 11) is 0. The van der Waals surface area contributed by atoms with E-state index >= 15 is 0 Å². The van der Waals surface area contributed by atoms with Gasteiger partial charge in [-0.2, -0.15) is 0 Å². The highest BCUT2D eigenvalue weighted by atomic mass is 16.5. The Kier molecular flexibility index (Phi) is 4.39. The van der Waals surface area contributed by atoms with Crippen molar-refractivity contribution in [1.82, 2.24) is 14.9 Å². The van der Waals surface area contributed by atoms with Gasteiger partial charge in [0.2, 0.25) is 0 Å². The molecule has 1 atom stereocenters. The zero-order valence-electron chi connectivity index (χ0n) is 13.9. The van der Waals surface area contributed by atoms with Crippen molar-refractivity contribution in [2.24, 2.45) is 0 Å². The first-order chi connectivity index (χ1) is 11.8. The van der Waals surface area contributed by atoms with Crippen LogP contribution < -0.4 is 0 Å². The Morgan fingerprint density at radius 2 is 2.04 bits per heavy atom. The van der Waals surface area contributed by atoms with Crippen LogP contribution in [0.15, 0.2) is 36.7 Å². The highest BCUT2D eigenvalue weighted by Crippen LogP contribution is 2.42. The first kappa shape index (κ1) is 15.8. The topological polar surface area (TPSA) is 61.4 Å². The Bertz CT molecular complexity index is 664. The van der Waals surface area contributed by atoms with Crippen LogP contribution in [0, 0.1) is 0 Å². The smallest absolute Gasteiger partial charge is 0.0926 e. The van der Waals surface area contributed by atoms with E-state index in [1.807, 2.05) is 36.7 Å². The van der Waals surface area contributed by atoms with Crippen molar-refractivity contribution >= 4 is 0 Å². The van der Waals surface area contributed by atoms with Crippen LogP contribution in [0.3, 0.4) is 0 Å². The van der Waals surface area contributed by atoms with Gasteiger partial charge in [-0.1, -0.05) is 30.3 Å². The largest absolute Gasteiger partial charge is 0.388 e. The van der Waals surface area contributed by atoms with Crippen LogP contribution in [0.5, 0.6) is 0 Å². The maximum atomic E-state index is 10.5. The number of aromatic amines is 1. The Morgan fingerprint density at radius 3 is 2.83 bits per heavy atom. The molecule has 1 aromatic carbocycles. The van der Waals surface area contributed by atoms with Crippen molar-refractivity contribution in [3.05, 3.63) is 53.6 Å². The minimum Gasteiger partial charge on any atom is -0.388 e. The van der Waals surface area contributed by atoms with E-state index in [1.54, 1.807) is 0 Å². The third kappa shape index (κ3) is 2.77. The molecular formula is C19H25N3O2. The average Bonchev–Trinajstić information content (AvgIpc) is 3.13. The number of nitrogens with one attached hydrogen (secondary N) is 1. The molecule has 2 aliphatic rings. The van der Waals surface area contributed by atoms with Crippen molar-refractivity contribution in [1.29, 1.82) is 0 Å². The Labute approximate surface area is 142 Å². The molecule has 2 N–H and O–H groups in total. The van der Waals surface area contributed by atoms with E-state index < -0.39 is 6.10 Å². The van der Waals surface area contributed by atoms with Crippen LogP contribution in [0.25, 0.3) is 0 Å². The third-order valence-electron chi connectivity index (χ3n) is 5.57. The monoisotopic (exact) mass is 327 g/mol. The number of aliphatic hydroxyl groups excluding tert-OH is 1. The minimum atomic E-state index is -0.413. The van der Waals surface area contributed by atoms with E-state index in [4.69, 9.17) is 4.74 Å². The van der Waals surface area contributed by atoms with E-state index in [-0.39, 0.29) is 5.54 Å². The number of hydrogen-bond donors (Lipinski definition) is 2. The second kappa shape index (κ2) is 6.67. The Morgan fingerprint density at radius 1 is 1.25 bits per heavy atom. The number of aromatic nitrogens is 2. The van der Waals surface area contributed by atoms with E-state index in [0.29, 0.717) is 0 Å². The number of aliphatic hydroxyl groups is 1. The lowest BCUT2D eigenvalue weighted by Crippen LogP contribution is -2.54. The number of benzene rings is 1. The van der Waals surface area contributed by atoms with Crippen LogP contribution >= 0.6 is 0 Å². The summed E-state index contributed by atoms with van der Waals surface area (Å²) in [5.74, 6) is 0. The summed E-state index contributed by atoms with van der Waals surface area (Å²) in [5, 5.41) is 10.5. The number of H-pyrrole nitrogens is 1. The van der Waals surface area contributed by atoms with Gasteiger partial charge in [-0.25, -0.2) is 4.98 Å². The summed E-state index contributed by atoms with van der Waals surface area (Å²) in [4.78, 5) is 10.5. The molecule has 1 saturated heterocycles. The molecule has 2 aliphatic heterocycles. The predicted octanol–water partition coefficient (Wildman–Crippen LogP) is 2.40. The fourth-order valence-electron chi connectivity index (χ4n) is 4.23. The highest BCUT2D eigenvalue weighted by Gasteiger charge is 2.45. The van der Waals surface area contributed by atoms with Crippen LogP contribution in [0.2, 0.25) is 0 Å². The van der Waals surface area contributed by atoms with Crippen molar-refractivity contribution in [3.8, 4) is 0 Å². The number of imidazole rings is 1. The number of hydrogen-bond acceptors (Lipinski definition) is 4. The molecule has 5 heteroatoms. The lowest BCUT2D eigenvalue weighted by molar-refractivity contribution is -0.0453. The summed E-state index contributed by atoms with van der Waals surface area (Å²) in [6, 6.07) is 9.94. The summed E-state index contributed by atoms with van der Waals surface area (Å²) in [5.41, 5.74) is 3.45. The lowest BCUT2D eigenvalue weighted by Gasteiger charge is -2.48. The fraction of sp³-hybridized carbons (Fsp3) is 0.526. The summed E-state index contributed by atoms with van der Waals surface area (Å²) < 4.78 is 5.62. The number of fused-ring (bicyclic) bond motifs is 2. The molecule has 128 valence electrons. The van der Waals surface area contributed by atoms with Gasteiger partial charge in [0, 0.05) is 38.4 Å². The molecule has 1 fully saturated rings. The zero-order chi connectivity index (χ0) is 16.4. The van der Waals surface area contributed by atoms with E-state index in [1.165, 1.54) is 11.4 Å². The highest BCUT2D eigenvalue weighted by molar-refractivity contribution is 5.26. The molecule has 0 saturated carbocycles. The molecule has 1 spiro atoms. The Hall–Kier alpha value is -1.69. The minimum absolute atomic E-state index is 0.0256. The van der Waals surface area contributed by atoms with Crippen LogP contribution in [-0.4, -0.2) is 46.3 Å². The van der Waals surface area contributed by atoms with Gasteiger partial charge < -0.3 is 14.8 Å². The molecule has 0 radical (unpaired) electrons. The van der Waals surface area contributed by atoms with Crippen molar-refractivity contribution in [2.45, 2.75) is 37.3 Å². The second-order valence-electron chi connectivity index (χ2n) is 6.83. The predicted molar refractivity (Wildman–Crippen MR) is 91.6 cm³/mol. The van der Waals surface area contributed by atoms with Crippen LogP contribution in [0.1, 0.15) is 42.3 Å². The second-order valence-corrected chi connectivity index (χ2v) is 6.83. The SMILES string of the molecule is O[C@H](CCN1CCc2[nH]cnc2C12CCOCC2)c1ccccc1. The van der Waals surface area contributed by atoms with Crippen molar-refractivity contribution in [3.63, 3.8) is 0 Å². The van der Waals surface area contributed by atoms with Gasteiger partial charge in [-0.3, -0.25) is 4.90 Å². The van der Waals surface area contributed by atoms with Gasteiger partial charge in [0.1, 0.15) is 0 Å². The average molecular weight is 327 g/mol. The summed E-state index contributed by atoms with van der Waals surface area (Å²) in [6.07, 6.45) is 5.11. The summed E-state index contributed by atoms with van der Waals surface area (Å²) in [6.45, 7) is 3.45.